The summed E-state index contributed by atoms with van der Waals surface area (Å²) in [4.78, 5) is 45.3. The molecule has 0 bridgehead atoms. The van der Waals surface area contributed by atoms with Gasteiger partial charge in [-0.1, -0.05) is 6.92 Å². The molecule has 0 unspecified atom stereocenters. The van der Waals surface area contributed by atoms with Gasteiger partial charge >= 0.3 is 12.2 Å². The van der Waals surface area contributed by atoms with Crippen LogP contribution in [0.4, 0.5) is 16.2 Å². The number of aromatic amines is 1. The van der Waals surface area contributed by atoms with Crippen molar-refractivity contribution < 1.29 is 14.4 Å². The first kappa shape index (κ1) is 23.1. The number of amides is 3. The van der Waals surface area contributed by atoms with Crippen molar-refractivity contribution in [1.29, 1.82) is 0 Å². The molecule has 0 aliphatic carbocycles. The molecule has 0 radical (unpaired) electrons. The number of aromatic nitrogens is 1. The van der Waals surface area contributed by atoms with E-state index in [1.165, 1.54) is 6.92 Å². The van der Waals surface area contributed by atoms with Crippen LogP contribution >= 0.6 is 0 Å². The first-order chi connectivity index (χ1) is 16.4. The summed E-state index contributed by atoms with van der Waals surface area (Å²) >= 11 is 0. The molecule has 3 N–H and O–H groups in total. The molecule has 1 aliphatic rings. The van der Waals surface area contributed by atoms with Crippen LogP contribution in [0.2, 0.25) is 0 Å². The topological polar surface area (TPSA) is 98.7 Å². The number of H-pyrrole nitrogens is 1. The molecule has 1 fully saturated rings. The molecule has 3 amide bonds. The van der Waals surface area contributed by atoms with Gasteiger partial charge in [0.15, 0.2) is 5.78 Å². The fraction of sp³-hybridized carbons (Fsp3) is 0.308. The van der Waals surface area contributed by atoms with Crippen LogP contribution in [0.15, 0.2) is 48.7 Å². The molecule has 8 nitrogen and oxygen atoms in total. The molecule has 174 valence electrons. The van der Waals surface area contributed by atoms with Gasteiger partial charge in [-0.05, 0) is 67.8 Å². The minimum Gasteiger partial charge on any atom is -0.361 e. The van der Waals surface area contributed by atoms with Crippen LogP contribution in [0.5, 0.6) is 0 Å². The Morgan fingerprint density at radius 3 is 2.56 bits per heavy atom. The van der Waals surface area contributed by atoms with Crippen LogP contribution in [-0.4, -0.2) is 40.3 Å². The zero-order valence-electron chi connectivity index (χ0n) is 19.2. The summed E-state index contributed by atoms with van der Waals surface area (Å²) in [5.74, 6) is -0.272. The quantitative estimate of drug-likeness (QED) is 0.356. The number of fused-ring (bicyclic) bond motifs is 1. The Labute approximate surface area is 198 Å². The Morgan fingerprint density at radius 2 is 1.85 bits per heavy atom. The van der Waals surface area contributed by atoms with E-state index < -0.39 is 6.03 Å². The van der Waals surface area contributed by atoms with E-state index in [1.54, 1.807) is 35.2 Å². The number of nitrogens with zero attached hydrogens (tertiary/aromatic N) is 2. The van der Waals surface area contributed by atoms with Crippen LogP contribution < -0.4 is 10.6 Å². The van der Waals surface area contributed by atoms with E-state index >= 15 is 0 Å². The third-order valence-corrected chi connectivity index (χ3v) is 6.18. The Morgan fingerprint density at radius 1 is 1.15 bits per heavy atom. The minimum absolute atomic E-state index is 0.0114. The Bertz CT molecular complexity index is 1270. The smallest absolute Gasteiger partial charge is 0.323 e. The highest BCUT2D eigenvalue weighted by Crippen LogP contribution is 2.27. The lowest BCUT2D eigenvalue weighted by molar-refractivity contribution is -0.135. The van der Waals surface area contributed by atoms with E-state index in [0.717, 1.165) is 29.3 Å². The number of rotatable bonds is 6. The molecule has 0 saturated carbocycles. The molecule has 2 heterocycles. The van der Waals surface area contributed by atoms with Crippen molar-refractivity contribution in [2.24, 2.45) is 5.92 Å². The number of urea groups is 1. The molecule has 4 rings (SSSR count). The standard InChI is InChI=1S/C26H27N5O3/c1-16(25(33)31-12-4-5-24(31)27-3)13-19-15-28-23-11-10-21(14-22(19)23)30-26(34)29-20-8-6-18(7-9-20)17(2)32/h6-11,14-16,24,28H,4-5,12-13H2,1-2H3,(H2,29,30,34)/t16-,24+/m1/s1. The maximum Gasteiger partial charge on any atom is 0.323 e. The lowest BCUT2D eigenvalue weighted by Gasteiger charge is -2.20. The zero-order valence-corrected chi connectivity index (χ0v) is 19.2. The Kier molecular flexibility index (Phi) is 6.64. The number of carbonyl (C=O) groups is 3. The summed E-state index contributed by atoms with van der Waals surface area (Å²) in [6, 6.07) is 11.9. The van der Waals surface area contributed by atoms with Gasteiger partial charge in [-0.3, -0.25) is 19.3 Å². The highest BCUT2D eigenvalue weighted by molar-refractivity contribution is 6.02. The number of Topliss-reactive ketones (excluding diaryl/α,β-unsaturated/α-hetero) is 1. The molecule has 2 atom stereocenters. The van der Waals surface area contributed by atoms with Crippen LogP contribution in [0.25, 0.3) is 15.7 Å². The van der Waals surface area contributed by atoms with Crippen LogP contribution in [-0.2, 0) is 11.2 Å². The average molecular weight is 458 g/mol. The van der Waals surface area contributed by atoms with Gasteiger partial charge in [0, 0.05) is 52.9 Å². The number of likely N-dealkylation sites (tertiary alicyclic amines) is 1. The second kappa shape index (κ2) is 9.79. The molecule has 34 heavy (non-hydrogen) atoms. The van der Waals surface area contributed by atoms with Crippen molar-refractivity contribution >= 4 is 40.0 Å². The van der Waals surface area contributed by atoms with Crippen molar-refractivity contribution in [3.63, 3.8) is 0 Å². The van der Waals surface area contributed by atoms with E-state index in [0.29, 0.717) is 29.9 Å². The summed E-state index contributed by atoms with van der Waals surface area (Å²) in [5, 5.41) is 6.53. The summed E-state index contributed by atoms with van der Waals surface area (Å²) in [6.07, 6.45) is 3.71. The number of ketones is 1. The summed E-state index contributed by atoms with van der Waals surface area (Å²) in [7, 11) is 0. The van der Waals surface area contributed by atoms with Crippen molar-refractivity contribution in [2.45, 2.75) is 39.3 Å². The first-order valence-corrected chi connectivity index (χ1v) is 11.3. The zero-order chi connectivity index (χ0) is 24.2. The van der Waals surface area contributed by atoms with Gasteiger partial charge in [0.1, 0.15) is 0 Å². The third kappa shape index (κ3) is 4.94. The van der Waals surface area contributed by atoms with Gasteiger partial charge in [-0.2, -0.15) is 0 Å². The molecule has 8 heteroatoms. The first-order valence-electron chi connectivity index (χ1n) is 11.3. The van der Waals surface area contributed by atoms with Crippen LogP contribution in [0, 0.1) is 12.5 Å². The third-order valence-electron chi connectivity index (χ3n) is 6.18. The van der Waals surface area contributed by atoms with E-state index in [9.17, 15) is 14.4 Å². The summed E-state index contributed by atoms with van der Waals surface area (Å²) in [6.45, 7) is 11.4. The van der Waals surface area contributed by atoms with E-state index in [4.69, 9.17) is 6.57 Å². The maximum absolute atomic E-state index is 12.9. The summed E-state index contributed by atoms with van der Waals surface area (Å²) < 4.78 is 0. The van der Waals surface area contributed by atoms with Crippen molar-refractivity contribution in [3.8, 4) is 0 Å². The molecule has 3 aromatic rings. The minimum atomic E-state index is -0.394. The second-order valence-corrected chi connectivity index (χ2v) is 8.68. The second-order valence-electron chi connectivity index (χ2n) is 8.68. The fourth-order valence-corrected chi connectivity index (χ4v) is 4.35. The van der Waals surface area contributed by atoms with Gasteiger partial charge in [-0.15, -0.1) is 0 Å². The maximum atomic E-state index is 12.9. The predicted octanol–water partition coefficient (Wildman–Crippen LogP) is 5.06. The monoisotopic (exact) mass is 457 g/mol. The number of anilines is 2. The van der Waals surface area contributed by atoms with Gasteiger partial charge in [0.2, 0.25) is 5.91 Å². The number of benzene rings is 2. The van der Waals surface area contributed by atoms with Crippen molar-refractivity contribution in [3.05, 3.63) is 71.2 Å². The highest BCUT2D eigenvalue weighted by Gasteiger charge is 2.35. The summed E-state index contributed by atoms with van der Waals surface area (Å²) in [5.41, 5.74) is 3.69. The number of hydrogen-bond donors (Lipinski definition) is 3. The molecular formula is C26H27N5O3. The van der Waals surface area contributed by atoms with E-state index in [1.807, 2.05) is 25.3 Å². The normalized spacial score (nSPS) is 16.1. The Balaban J connectivity index is 1.43. The van der Waals surface area contributed by atoms with Crippen LogP contribution in [0.3, 0.4) is 0 Å². The average Bonchev–Trinajstić information content (AvgIpc) is 3.45. The van der Waals surface area contributed by atoms with E-state index in [2.05, 4.69) is 20.5 Å². The van der Waals surface area contributed by atoms with Gasteiger partial charge in [0.25, 0.3) is 0 Å². The largest absolute Gasteiger partial charge is 0.361 e. The number of nitrogens with one attached hydrogen (secondary N) is 3. The van der Waals surface area contributed by atoms with E-state index in [-0.39, 0.29) is 23.8 Å². The van der Waals surface area contributed by atoms with Gasteiger partial charge in [-0.25, -0.2) is 11.4 Å². The lowest BCUT2D eigenvalue weighted by Crippen LogP contribution is -2.38. The molecule has 1 aromatic heterocycles. The Hall–Kier alpha value is -4.12. The molecule has 1 saturated heterocycles. The number of hydrogen-bond acceptors (Lipinski definition) is 3. The SMILES string of the molecule is [C-]#[N+][C@@H]1CCCN1C(=O)[C@H](C)Cc1c[nH]c2ccc(NC(=O)Nc3ccc(C(C)=O)cc3)cc12. The highest BCUT2D eigenvalue weighted by atomic mass is 16.2. The molecule has 0 spiro atoms. The van der Waals surface area contributed by atoms with Crippen molar-refractivity contribution in [1.82, 2.24) is 9.88 Å². The molecule has 1 aliphatic heterocycles. The van der Waals surface area contributed by atoms with Gasteiger partial charge < -0.3 is 15.6 Å². The number of carbonyl (C=O) groups excluding carboxylic acids is 3. The predicted molar refractivity (Wildman–Crippen MR) is 132 cm³/mol. The fourth-order valence-electron chi connectivity index (χ4n) is 4.35. The molecular weight excluding hydrogens is 430 g/mol. The lowest BCUT2D eigenvalue weighted by atomic mass is 9.99. The van der Waals surface area contributed by atoms with Gasteiger partial charge in [0.05, 0.1) is 0 Å². The molecule has 2 aromatic carbocycles. The van der Waals surface area contributed by atoms with Crippen LogP contribution in [0.1, 0.15) is 42.6 Å². The van der Waals surface area contributed by atoms with Crippen molar-refractivity contribution in [2.75, 3.05) is 17.2 Å².